The zero-order chi connectivity index (χ0) is 18.3. The summed E-state index contributed by atoms with van der Waals surface area (Å²) in [4.78, 5) is 29.4. The lowest BCUT2D eigenvalue weighted by Crippen LogP contribution is -2.06. The maximum Gasteiger partial charge on any atom is 0.341 e. The van der Waals surface area contributed by atoms with Gasteiger partial charge in [-0.1, -0.05) is 23.2 Å². The zero-order valence-electron chi connectivity index (χ0n) is 13.3. The van der Waals surface area contributed by atoms with Crippen LogP contribution in [0.15, 0.2) is 24.3 Å². The summed E-state index contributed by atoms with van der Waals surface area (Å²) in [6.45, 7) is 5.63. The molecule has 8 heteroatoms. The van der Waals surface area contributed by atoms with Crippen LogP contribution in [0.1, 0.15) is 39.0 Å². The Balaban J connectivity index is 0.000000243. The Morgan fingerprint density at radius 1 is 1.00 bits per heavy atom. The van der Waals surface area contributed by atoms with Gasteiger partial charge in [-0.05, 0) is 45.0 Å². The first-order valence-corrected chi connectivity index (χ1v) is 7.68. The highest BCUT2D eigenvalue weighted by atomic mass is 35.5. The molecule has 0 saturated heterocycles. The second-order valence-corrected chi connectivity index (χ2v) is 5.32. The summed E-state index contributed by atoms with van der Waals surface area (Å²) in [7, 11) is 0. The van der Waals surface area contributed by atoms with Gasteiger partial charge in [-0.3, -0.25) is 0 Å². The summed E-state index contributed by atoms with van der Waals surface area (Å²) in [5.41, 5.74) is 1.84. The monoisotopic (exact) mass is 370 g/mol. The van der Waals surface area contributed by atoms with Crippen LogP contribution in [0.3, 0.4) is 0 Å². The molecule has 2 aromatic heterocycles. The number of rotatable bonds is 3. The summed E-state index contributed by atoms with van der Waals surface area (Å²) in [5.74, 6) is -1.48. The fourth-order valence-corrected chi connectivity index (χ4v) is 2.12. The maximum atomic E-state index is 11.2. The molecule has 0 bridgehead atoms. The molecule has 0 saturated carbocycles. The molecule has 6 nitrogen and oxygen atoms in total. The first-order valence-electron chi connectivity index (χ1n) is 6.93. The number of nitrogens with zero attached hydrogens (tertiary/aromatic N) is 2. The number of hydrogen-bond acceptors (Lipinski definition) is 5. The van der Waals surface area contributed by atoms with Crippen LogP contribution >= 0.6 is 23.2 Å². The molecule has 0 aromatic carbocycles. The van der Waals surface area contributed by atoms with E-state index in [9.17, 15) is 9.59 Å². The number of ether oxygens (including phenoxy) is 1. The van der Waals surface area contributed by atoms with Crippen molar-refractivity contribution >= 4 is 35.1 Å². The van der Waals surface area contributed by atoms with Crippen LogP contribution in [0.2, 0.25) is 10.3 Å². The topological polar surface area (TPSA) is 89.4 Å². The molecule has 2 aromatic rings. The van der Waals surface area contributed by atoms with Crippen molar-refractivity contribution in [3.63, 3.8) is 0 Å². The highest BCUT2D eigenvalue weighted by Gasteiger charge is 2.11. The molecule has 0 aliphatic heterocycles. The normalized spacial score (nSPS) is 9.71. The van der Waals surface area contributed by atoms with Crippen LogP contribution in [0, 0.1) is 13.8 Å². The van der Waals surface area contributed by atoms with E-state index in [4.69, 9.17) is 33.0 Å². The summed E-state index contributed by atoms with van der Waals surface area (Å²) < 4.78 is 4.79. The largest absolute Gasteiger partial charge is 0.478 e. The maximum absolute atomic E-state index is 11.2. The minimum absolute atomic E-state index is 0.0391. The summed E-state index contributed by atoms with van der Waals surface area (Å²) in [6, 6.07) is 6.38. The number of carboxylic acids is 1. The van der Waals surface area contributed by atoms with Crippen molar-refractivity contribution in [2.45, 2.75) is 20.8 Å². The summed E-state index contributed by atoms with van der Waals surface area (Å²) in [6.07, 6.45) is 0. The van der Waals surface area contributed by atoms with E-state index in [2.05, 4.69) is 9.97 Å². The third kappa shape index (κ3) is 5.79. The Morgan fingerprint density at radius 3 is 1.83 bits per heavy atom. The van der Waals surface area contributed by atoms with Crippen LogP contribution in [0.4, 0.5) is 0 Å². The Morgan fingerprint density at radius 2 is 1.46 bits per heavy atom. The number of aromatic carboxylic acids is 1. The molecule has 0 aliphatic rings. The van der Waals surface area contributed by atoms with E-state index >= 15 is 0 Å². The number of carboxylic acid groups (broad SMARTS) is 1. The lowest BCUT2D eigenvalue weighted by molar-refractivity contribution is 0.0525. The van der Waals surface area contributed by atoms with Gasteiger partial charge < -0.3 is 9.84 Å². The Labute approximate surface area is 149 Å². The molecular formula is C16H16Cl2N2O4. The van der Waals surface area contributed by atoms with Gasteiger partial charge in [0, 0.05) is 11.4 Å². The van der Waals surface area contributed by atoms with Crippen molar-refractivity contribution in [3.05, 3.63) is 57.1 Å². The summed E-state index contributed by atoms with van der Waals surface area (Å²) >= 11 is 11.3. The van der Waals surface area contributed by atoms with Gasteiger partial charge in [0.2, 0.25) is 0 Å². The van der Waals surface area contributed by atoms with E-state index in [-0.39, 0.29) is 15.9 Å². The van der Waals surface area contributed by atoms with E-state index < -0.39 is 11.9 Å². The molecule has 0 radical (unpaired) electrons. The SMILES string of the molecule is CCOC(=O)c1ccc(C)nc1Cl.Cc1ccc(C(=O)O)c(Cl)n1. The van der Waals surface area contributed by atoms with E-state index in [0.717, 1.165) is 5.69 Å². The molecule has 24 heavy (non-hydrogen) atoms. The van der Waals surface area contributed by atoms with Gasteiger partial charge in [0.25, 0.3) is 0 Å². The van der Waals surface area contributed by atoms with E-state index in [1.165, 1.54) is 6.07 Å². The van der Waals surface area contributed by atoms with E-state index in [0.29, 0.717) is 17.9 Å². The number of esters is 1. The van der Waals surface area contributed by atoms with Gasteiger partial charge in [-0.25, -0.2) is 19.6 Å². The van der Waals surface area contributed by atoms with Crippen LogP contribution in [0.5, 0.6) is 0 Å². The predicted octanol–water partition coefficient (Wildman–Crippen LogP) is 3.96. The molecule has 2 rings (SSSR count). The van der Waals surface area contributed by atoms with Crippen molar-refractivity contribution in [1.29, 1.82) is 0 Å². The molecule has 0 spiro atoms. The van der Waals surface area contributed by atoms with Crippen molar-refractivity contribution in [1.82, 2.24) is 9.97 Å². The van der Waals surface area contributed by atoms with Gasteiger partial charge in [0.1, 0.15) is 10.3 Å². The molecule has 0 aliphatic carbocycles. The molecule has 0 amide bonds. The standard InChI is InChI=1S/C9H10ClNO2.C7H6ClNO2/c1-3-13-9(12)7-5-4-6(2)11-8(7)10;1-4-2-3-5(7(10)11)6(8)9-4/h4-5H,3H2,1-2H3;2-3H,1H3,(H,10,11). The summed E-state index contributed by atoms with van der Waals surface area (Å²) in [5, 5.41) is 8.76. The minimum atomic E-state index is -1.05. The van der Waals surface area contributed by atoms with Crippen molar-refractivity contribution in [2.75, 3.05) is 6.61 Å². The molecule has 0 atom stereocenters. The smallest absolute Gasteiger partial charge is 0.341 e. The average Bonchev–Trinajstić information content (AvgIpc) is 2.47. The van der Waals surface area contributed by atoms with Crippen LogP contribution in [-0.2, 0) is 4.74 Å². The predicted molar refractivity (Wildman–Crippen MR) is 90.9 cm³/mol. The number of carbonyl (C=O) groups excluding carboxylic acids is 1. The second kappa shape index (κ2) is 9.20. The molecule has 2 heterocycles. The average molecular weight is 371 g/mol. The van der Waals surface area contributed by atoms with Crippen LogP contribution in [0.25, 0.3) is 0 Å². The highest BCUT2D eigenvalue weighted by Crippen LogP contribution is 2.14. The van der Waals surface area contributed by atoms with E-state index in [1.54, 1.807) is 39.0 Å². The Kier molecular flexibility index (Phi) is 7.61. The lowest BCUT2D eigenvalue weighted by Gasteiger charge is -2.03. The van der Waals surface area contributed by atoms with Gasteiger partial charge >= 0.3 is 11.9 Å². The number of aromatic nitrogens is 2. The van der Waals surface area contributed by atoms with Gasteiger partial charge in [-0.15, -0.1) is 0 Å². The quantitative estimate of drug-likeness (QED) is 0.649. The molecular weight excluding hydrogens is 355 g/mol. The zero-order valence-corrected chi connectivity index (χ0v) is 14.9. The first kappa shape index (κ1) is 19.9. The number of pyridine rings is 2. The molecule has 0 unspecified atom stereocenters. The number of halogens is 2. The third-order valence-corrected chi connectivity index (χ3v) is 3.28. The van der Waals surface area contributed by atoms with Crippen LogP contribution < -0.4 is 0 Å². The Bertz CT molecular complexity index is 751. The third-order valence-electron chi connectivity index (χ3n) is 2.70. The highest BCUT2D eigenvalue weighted by molar-refractivity contribution is 6.32. The molecule has 128 valence electrons. The molecule has 0 fully saturated rings. The van der Waals surface area contributed by atoms with Gasteiger partial charge in [-0.2, -0.15) is 0 Å². The first-order chi connectivity index (χ1) is 11.3. The fourth-order valence-electron chi connectivity index (χ4n) is 1.57. The van der Waals surface area contributed by atoms with Crippen molar-refractivity contribution in [3.8, 4) is 0 Å². The van der Waals surface area contributed by atoms with Crippen LogP contribution in [-0.4, -0.2) is 33.6 Å². The van der Waals surface area contributed by atoms with Crippen molar-refractivity contribution in [2.24, 2.45) is 0 Å². The minimum Gasteiger partial charge on any atom is -0.478 e. The number of hydrogen-bond donors (Lipinski definition) is 1. The lowest BCUT2D eigenvalue weighted by atomic mass is 10.2. The molecule has 1 N–H and O–H groups in total. The second-order valence-electron chi connectivity index (χ2n) is 4.61. The van der Waals surface area contributed by atoms with Crippen molar-refractivity contribution < 1.29 is 19.4 Å². The fraction of sp³-hybridized carbons (Fsp3) is 0.250. The van der Waals surface area contributed by atoms with E-state index in [1.807, 2.05) is 0 Å². The Hall–Kier alpha value is -2.18. The van der Waals surface area contributed by atoms with Gasteiger partial charge in [0.15, 0.2) is 0 Å². The number of aryl methyl sites for hydroxylation is 2. The van der Waals surface area contributed by atoms with Gasteiger partial charge in [0.05, 0.1) is 17.7 Å². The number of carbonyl (C=O) groups is 2.